The molecule has 0 spiro atoms. The average Bonchev–Trinajstić information content (AvgIpc) is 2.41. The van der Waals surface area contributed by atoms with E-state index in [2.05, 4.69) is 15.9 Å². The standard InChI is InChI=1S/C15H7BrF2INO/c16-14-2-1-11(19)6-12(14)15(21)13(7-20)8-3-9(17)5-10(18)4-8/h1-6,13H. The molecule has 1 unspecified atom stereocenters. The summed E-state index contributed by atoms with van der Waals surface area (Å²) in [6.07, 6.45) is 0. The van der Waals surface area contributed by atoms with Crippen molar-refractivity contribution < 1.29 is 13.6 Å². The quantitative estimate of drug-likeness (QED) is 0.485. The van der Waals surface area contributed by atoms with Gasteiger partial charge in [-0.2, -0.15) is 5.26 Å². The van der Waals surface area contributed by atoms with Crippen molar-refractivity contribution in [1.29, 1.82) is 5.26 Å². The third kappa shape index (κ3) is 3.66. The number of nitrogens with zero attached hydrogens (tertiary/aromatic N) is 1. The van der Waals surface area contributed by atoms with Gasteiger partial charge in [0.2, 0.25) is 0 Å². The van der Waals surface area contributed by atoms with Crippen LogP contribution in [0.25, 0.3) is 0 Å². The fourth-order valence-electron chi connectivity index (χ4n) is 1.87. The lowest BCUT2D eigenvalue weighted by molar-refractivity contribution is 0.0978. The van der Waals surface area contributed by atoms with Crippen molar-refractivity contribution in [2.45, 2.75) is 5.92 Å². The zero-order valence-electron chi connectivity index (χ0n) is 10.4. The van der Waals surface area contributed by atoms with Crippen LogP contribution in [-0.4, -0.2) is 5.78 Å². The molecule has 2 aromatic carbocycles. The molecule has 0 aliphatic rings. The Morgan fingerprint density at radius 1 is 1.19 bits per heavy atom. The second-order valence-corrected chi connectivity index (χ2v) is 6.35. The summed E-state index contributed by atoms with van der Waals surface area (Å²) in [7, 11) is 0. The minimum absolute atomic E-state index is 0.00533. The largest absolute Gasteiger partial charge is 0.292 e. The Morgan fingerprint density at radius 3 is 2.38 bits per heavy atom. The van der Waals surface area contributed by atoms with Crippen LogP contribution >= 0.6 is 38.5 Å². The summed E-state index contributed by atoms with van der Waals surface area (Å²) in [5.41, 5.74) is 0.309. The van der Waals surface area contributed by atoms with Crippen LogP contribution < -0.4 is 0 Å². The Morgan fingerprint density at radius 2 is 1.81 bits per heavy atom. The number of nitriles is 1. The van der Waals surface area contributed by atoms with E-state index in [-0.39, 0.29) is 5.56 Å². The molecule has 0 aromatic heterocycles. The first kappa shape index (κ1) is 16.0. The van der Waals surface area contributed by atoms with E-state index >= 15 is 0 Å². The normalized spacial score (nSPS) is 11.8. The molecule has 0 saturated carbocycles. The van der Waals surface area contributed by atoms with Crippen molar-refractivity contribution in [3.05, 3.63) is 67.2 Å². The van der Waals surface area contributed by atoms with Gasteiger partial charge in [0.05, 0.1) is 6.07 Å². The van der Waals surface area contributed by atoms with Crippen LogP contribution in [0.3, 0.4) is 0 Å². The van der Waals surface area contributed by atoms with Gasteiger partial charge < -0.3 is 0 Å². The molecule has 106 valence electrons. The van der Waals surface area contributed by atoms with Crippen molar-refractivity contribution in [3.8, 4) is 6.07 Å². The monoisotopic (exact) mass is 461 g/mol. The minimum atomic E-state index is -1.26. The molecular weight excluding hydrogens is 455 g/mol. The third-order valence-corrected chi connectivity index (χ3v) is 4.17. The highest BCUT2D eigenvalue weighted by molar-refractivity contribution is 14.1. The van der Waals surface area contributed by atoms with Crippen LogP contribution in [0.5, 0.6) is 0 Å². The number of ketones is 1. The lowest BCUT2D eigenvalue weighted by Crippen LogP contribution is -2.13. The van der Waals surface area contributed by atoms with E-state index in [0.29, 0.717) is 16.1 Å². The van der Waals surface area contributed by atoms with Crippen molar-refractivity contribution in [3.63, 3.8) is 0 Å². The number of Topliss-reactive ketones (excluding diaryl/α,β-unsaturated/α-hetero) is 1. The maximum atomic E-state index is 13.3. The summed E-state index contributed by atoms with van der Waals surface area (Å²) in [6.45, 7) is 0. The Kier molecular flexibility index (Phi) is 5.06. The van der Waals surface area contributed by atoms with Gasteiger partial charge in [0.25, 0.3) is 0 Å². The van der Waals surface area contributed by atoms with E-state index in [1.54, 1.807) is 18.2 Å². The molecule has 0 bridgehead atoms. The van der Waals surface area contributed by atoms with Crippen LogP contribution in [0.1, 0.15) is 21.8 Å². The lowest BCUT2D eigenvalue weighted by Gasteiger charge is -2.11. The molecule has 6 heteroatoms. The molecule has 0 amide bonds. The molecule has 1 atom stereocenters. The summed E-state index contributed by atoms with van der Waals surface area (Å²) in [4.78, 5) is 12.5. The molecule has 2 nitrogen and oxygen atoms in total. The first-order valence-electron chi connectivity index (χ1n) is 5.77. The van der Waals surface area contributed by atoms with Gasteiger partial charge in [-0.15, -0.1) is 0 Å². The third-order valence-electron chi connectivity index (χ3n) is 2.80. The number of carbonyl (C=O) groups is 1. The predicted molar refractivity (Wildman–Crippen MR) is 85.9 cm³/mol. The number of benzene rings is 2. The number of hydrogen-bond donors (Lipinski definition) is 0. The van der Waals surface area contributed by atoms with E-state index in [9.17, 15) is 18.8 Å². The molecule has 0 saturated heterocycles. The van der Waals surface area contributed by atoms with E-state index < -0.39 is 23.3 Å². The lowest BCUT2D eigenvalue weighted by atomic mass is 9.92. The van der Waals surface area contributed by atoms with Gasteiger partial charge in [-0.1, -0.05) is 15.9 Å². The fourth-order valence-corrected chi connectivity index (χ4v) is 2.80. The molecule has 2 rings (SSSR count). The second kappa shape index (κ2) is 6.62. The molecule has 0 fully saturated rings. The highest BCUT2D eigenvalue weighted by Gasteiger charge is 2.24. The summed E-state index contributed by atoms with van der Waals surface area (Å²) in [5.74, 6) is -3.41. The molecule has 0 aliphatic carbocycles. The van der Waals surface area contributed by atoms with E-state index in [1.165, 1.54) is 0 Å². The Hall–Kier alpha value is -1.33. The Bertz CT molecular complexity index is 738. The topological polar surface area (TPSA) is 40.9 Å². The van der Waals surface area contributed by atoms with Gasteiger partial charge in [-0.05, 0) is 58.5 Å². The highest BCUT2D eigenvalue weighted by atomic mass is 127. The molecular formula is C15H7BrF2INO. The van der Waals surface area contributed by atoms with Crippen molar-refractivity contribution in [2.75, 3.05) is 0 Å². The summed E-state index contributed by atoms with van der Waals surface area (Å²) in [5, 5.41) is 9.22. The van der Waals surface area contributed by atoms with E-state index in [4.69, 9.17) is 0 Å². The summed E-state index contributed by atoms with van der Waals surface area (Å²) >= 11 is 5.29. The predicted octanol–water partition coefficient (Wildman–Crippen LogP) is 4.82. The first-order chi connectivity index (χ1) is 9.92. The number of hydrogen-bond acceptors (Lipinski definition) is 2. The van der Waals surface area contributed by atoms with Crippen LogP contribution in [0.2, 0.25) is 0 Å². The minimum Gasteiger partial charge on any atom is -0.292 e. The van der Waals surface area contributed by atoms with Gasteiger partial charge in [0.1, 0.15) is 17.6 Å². The van der Waals surface area contributed by atoms with Gasteiger partial charge >= 0.3 is 0 Å². The van der Waals surface area contributed by atoms with Crippen molar-refractivity contribution >= 4 is 44.3 Å². The van der Waals surface area contributed by atoms with Crippen LogP contribution in [0.15, 0.2) is 40.9 Å². The van der Waals surface area contributed by atoms with Crippen LogP contribution in [0, 0.1) is 26.5 Å². The van der Waals surface area contributed by atoms with Gasteiger partial charge in [0, 0.05) is 19.7 Å². The zero-order chi connectivity index (χ0) is 15.6. The van der Waals surface area contributed by atoms with Crippen molar-refractivity contribution in [1.82, 2.24) is 0 Å². The molecule has 0 N–H and O–H groups in total. The number of carbonyl (C=O) groups excluding carboxylic acids is 1. The number of halogens is 4. The van der Waals surface area contributed by atoms with Gasteiger partial charge in [0.15, 0.2) is 5.78 Å². The molecule has 0 radical (unpaired) electrons. The van der Waals surface area contributed by atoms with Crippen molar-refractivity contribution in [2.24, 2.45) is 0 Å². The maximum Gasteiger partial charge on any atom is 0.185 e. The summed E-state index contributed by atoms with van der Waals surface area (Å²) in [6, 6.07) is 9.61. The Balaban J connectivity index is 2.48. The maximum absolute atomic E-state index is 13.3. The van der Waals surface area contributed by atoms with E-state index in [0.717, 1.165) is 15.7 Å². The molecule has 21 heavy (non-hydrogen) atoms. The average molecular weight is 462 g/mol. The highest BCUT2D eigenvalue weighted by Crippen LogP contribution is 2.27. The smallest absolute Gasteiger partial charge is 0.185 e. The molecule has 0 aliphatic heterocycles. The SMILES string of the molecule is N#CC(C(=O)c1cc(I)ccc1Br)c1cc(F)cc(F)c1. The molecule has 0 heterocycles. The first-order valence-corrected chi connectivity index (χ1v) is 7.64. The number of rotatable bonds is 3. The zero-order valence-corrected chi connectivity index (χ0v) is 14.2. The molecule has 2 aromatic rings. The van der Waals surface area contributed by atoms with E-state index in [1.807, 2.05) is 28.7 Å². The van der Waals surface area contributed by atoms with Crippen LogP contribution in [-0.2, 0) is 0 Å². The van der Waals surface area contributed by atoms with Crippen LogP contribution in [0.4, 0.5) is 8.78 Å². The second-order valence-electron chi connectivity index (χ2n) is 4.25. The van der Waals surface area contributed by atoms with Gasteiger partial charge in [-0.25, -0.2) is 8.78 Å². The fraction of sp³-hybridized carbons (Fsp3) is 0.0667. The van der Waals surface area contributed by atoms with Gasteiger partial charge in [-0.3, -0.25) is 4.79 Å². The summed E-state index contributed by atoms with van der Waals surface area (Å²) < 4.78 is 27.9. The Labute approximate surface area is 142 Å².